The summed E-state index contributed by atoms with van der Waals surface area (Å²) in [6.07, 6.45) is 7.52. The Morgan fingerprint density at radius 1 is 1.26 bits per heavy atom. The number of likely N-dealkylation sites (tertiary alicyclic amines) is 1. The topological polar surface area (TPSA) is 32.8 Å². The highest BCUT2D eigenvalue weighted by atomic mass is 16.5. The minimum absolute atomic E-state index is 0.0741. The first-order valence-corrected chi connectivity index (χ1v) is 8.40. The summed E-state index contributed by atoms with van der Waals surface area (Å²) < 4.78 is 5.02. The maximum atomic E-state index is 12.2. The van der Waals surface area contributed by atoms with Crippen LogP contribution in [0.3, 0.4) is 0 Å². The van der Waals surface area contributed by atoms with E-state index in [0.717, 1.165) is 25.2 Å². The quantitative estimate of drug-likeness (QED) is 0.738. The lowest BCUT2D eigenvalue weighted by Gasteiger charge is -2.44. The van der Waals surface area contributed by atoms with Gasteiger partial charge in [-0.1, -0.05) is 24.3 Å². The molecule has 0 N–H and O–H groups in total. The van der Waals surface area contributed by atoms with Crippen molar-refractivity contribution in [2.24, 2.45) is 0 Å². The van der Waals surface area contributed by atoms with Crippen LogP contribution in [0.2, 0.25) is 0 Å². The van der Waals surface area contributed by atoms with Crippen LogP contribution in [0.25, 0.3) is 0 Å². The number of amides is 1. The molecule has 23 heavy (non-hydrogen) atoms. The molecule has 4 aliphatic rings. The summed E-state index contributed by atoms with van der Waals surface area (Å²) in [5.41, 5.74) is 5.30. The van der Waals surface area contributed by atoms with Crippen LogP contribution in [0.15, 0.2) is 47.7 Å². The maximum Gasteiger partial charge on any atom is 0.413 e. The van der Waals surface area contributed by atoms with E-state index in [-0.39, 0.29) is 11.5 Å². The van der Waals surface area contributed by atoms with E-state index in [4.69, 9.17) is 4.74 Å². The van der Waals surface area contributed by atoms with Gasteiger partial charge in [-0.05, 0) is 42.5 Å². The van der Waals surface area contributed by atoms with Gasteiger partial charge in [0.25, 0.3) is 0 Å². The Morgan fingerprint density at radius 2 is 2.13 bits per heavy atom. The van der Waals surface area contributed by atoms with Crippen molar-refractivity contribution in [1.82, 2.24) is 4.90 Å². The molecule has 3 aliphatic heterocycles. The van der Waals surface area contributed by atoms with Crippen LogP contribution in [0, 0.1) is 0 Å². The van der Waals surface area contributed by atoms with Gasteiger partial charge in [0.05, 0.1) is 18.6 Å². The molecular weight excluding hydrogens is 288 g/mol. The second-order valence-electron chi connectivity index (χ2n) is 6.85. The summed E-state index contributed by atoms with van der Waals surface area (Å²) in [5, 5.41) is 0. The van der Waals surface area contributed by atoms with Crippen LogP contribution in [-0.2, 0) is 10.2 Å². The van der Waals surface area contributed by atoms with Crippen LogP contribution < -0.4 is 4.90 Å². The molecule has 1 aliphatic carbocycles. The molecule has 5 rings (SSSR count). The third-order valence-corrected chi connectivity index (χ3v) is 6.02. The highest BCUT2D eigenvalue weighted by Crippen LogP contribution is 2.60. The fourth-order valence-corrected chi connectivity index (χ4v) is 5.24. The van der Waals surface area contributed by atoms with Gasteiger partial charge >= 0.3 is 6.09 Å². The molecular formula is C19H20N2O2. The molecule has 1 aromatic carbocycles. The molecule has 0 unspecified atom stereocenters. The zero-order valence-corrected chi connectivity index (χ0v) is 13.3. The third kappa shape index (κ3) is 1.44. The highest BCUT2D eigenvalue weighted by molar-refractivity contribution is 5.78. The monoisotopic (exact) mass is 308 g/mol. The lowest BCUT2D eigenvalue weighted by molar-refractivity contribution is 0.140. The molecule has 2 fully saturated rings. The van der Waals surface area contributed by atoms with E-state index in [1.807, 2.05) is 4.90 Å². The van der Waals surface area contributed by atoms with Gasteiger partial charge in [0.1, 0.15) is 0 Å². The molecule has 4 nitrogen and oxygen atoms in total. The number of fused-ring (bicyclic) bond motifs is 2. The van der Waals surface area contributed by atoms with Crippen LogP contribution in [0.5, 0.6) is 0 Å². The molecule has 2 saturated heterocycles. The Kier molecular flexibility index (Phi) is 2.53. The number of piperidine rings is 1. The van der Waals surface area contributed by atoms with Crippen LogP contribution in [0.1, 0.15) is 24.8 Å². The number of para-hydroxylation sites is 1. The maximum absolute atomic E-state index is 12.2. The Balaban J connectivity index is 1.75. The zero-order valence-electron chi connectivity index (χ0n) is 13.3. The van der Waals surface area contributed by atoms with Crippen molar-refractivity contribution in [1.29, 1.82) is 0 Å². The average Bonchev–Trinajstić information content (AvgIpc) is 3.13. The Labute approximate surface area is 136 Å². The van der Waals surface area contributed by atoms with E-state index in [9.17, 15) is 4.79 Å². The van der Waals surface area contributed by atoms with Crippen molar-refractivity contribution in [3.8, 4) is 0 Å². The van der Waals surface area contributed by atoms with Crippen molar-refractivity contribution in [3.63, 3.8) is 0 Å². The molecule has 0 radical (unpaired) electrons. The SMILES string of the molecule is COC(=O)N1CC[C@]23C1=CC=C1CCCN(c4ccccc42)[C@@H]13. The minimum Gasteiger partial charge on any atom is -0.452 e. The molecule has 3 heterocycles. The number of ether oxygens (including phenoxy) is 1. The van der Waals surface area contributed by atoms with Gasteiger partial charge in [0.15, 0.2) is 0 Å². The van der Waals surface area contributed by atoms with Gasteiger partial charge in [-0.15, -0.1) is 0 Å². The van der Waals surface area contributed by atoms with Crippen molar-refractivity contribution in [2.75, 3.05) is 25.1 Å². The van der Waals surface area contributed by atoms with E-state index >= 15 is 0 Å². The van der Waals surface area contributed by atoms with Crippen LogP contribution >= 0.6 is 0 Å². The van der Waals surface area contributed by atoms with Crippen molar-refractivity contribution in [2.45, 2.75) is 30.7 Å². The average molecular weight is 308 g/mol. The predicted octanol–water partition coefficient (Wildman–Crippen LogP) is 3.20. The number of carbonyl (C=O) groups is 1. The van der Waals surface area contributed by atoms with Crippen molar-refractivity contribution < 1.29 is 9.53 Å². The smallest absolute Gasteiger partial charge is 0.413 e. The zero-order chi connectivity index (χ0) is 15.6. The van der Waals surface area contributed by atoms with E-state index in [2.05, 4.69) is 41.3 Å². The van der Waals surface area contributed by atoms with Crippen LogP contribution in [0.4, 0.5) is 10.5 Å². The van der Waals surface area contributed by atoms with Gasteiger partial charge in [-0.2, -0.15) is 0 Å². The van der Waals surface area contributed by atoms with Crippen molar-refractivity contribution >= 4 is 11.8 Å². The number of rotatable bonds is 0. The lowest BCUT2D eigenvalue weighted by atomic mass is 9.67. The summed E-state index contributed by atoms with van der Waals surface area (Å²) in [4.78, 5) is 16.6. The highest BCUT2D eigenvalue weighted by Gasteiger charge is 2.60. The Hall–Kier alpha value is -2.23. The third-order valence-electron chi connectivity index (χ3n) is 6.02. The fourth-order valence-electron chi connectivity index (χ4n) is 5.24. The Bertz CT molecular complexity index is 766. The molecule has 1 spiro atoms. The van der Waals surface area contributed by atoms with Crippen molar-refractivity contribution in [3.05, 3.63) is 53.3 Å². The van der Waals surface area contributed by atoms with Crippen LogP contribution in [-0.4, -0.2) is 37.2 Å². The van der Waals surface area contributed by atoms with Gasteiger partial charge in [0, 0.05) is 24.5 Å². The molecule has 0 aromatic heterocycles. The largest absolute Gasteiger partial charge is 0.452 e. The van der Waals surface area contributed by atoms with Gasteiger partial charge in [0.2, 0.25) is 0 Å². The molecule has 118 valence electrons. The number of allylic oxidation sites excluding steroid dienone is 2. The first kappa shape index (κ1) is 13.2. The predicted molar refractivity (Wildman–Crippen MR) is 88.4 cm³/mol. The summed E-state index contributed by atoms with van der Waals surface area (Å²) in [5.74, 6) is 0. The Morgan fingerprint density at radius 3 is 3.00 bits per heavy atom. The van der Waals surface area contributed by atoms with E-state index in [1.54, 1.807) is 0 Å². The van der Waals surface area contributed by atoms with E-state index in [1.165, 1.54) is 36.8 Å². The number of carbonyl (C=O) groups excluding carboxylic acids is 1. The van der Waals surface area contributed by atoms with Gasteiger partial charge < -0.3 is 9.64 Å². The number of benzene rings is 1. The molecule has 0 bridgehead atoms. The number of anilines is 1. The normalized spacial score (nSPS) is 30.2. The molecule has 1 amide bonds. The summed E-state index contributed by atoms with van der Waals surface area (Å²) >= 11 is 0. The van der Waals surface area contributed by atoms with E-state index in [0.29, 0.717) is 6.04 Å². The van der Waals surface area contributed by atoms with Gasteiger partial charge in [-0.3, -0.25) is 4.90 Å². The second-order valence-corrected chi connectivity index (χ2v) is 6.85. The number of hydrogen-bond donors (Lipinski definition) is 0. The summed E-state index contributed by atoms with van der Waals surface area (Å²) in [7, 11) is 1.47. The first-order valence-electron chi connectivity index (χ1n) is 8.40. The molecule has 0 saturated carbocycles. The van der Waals surface area contributed by atoms with Gasteiger partial charge in [-0.25, -0.2) is 4.79 Å². The lowest BCUT2D eigenvalue weighted by Crippen LogP contribution is -2.50. The van der Waals surface area contributed by atoms with E-state index < -0.39 is 0 Å². The summed E-state index contributed by atoms with van der Waals surface area (Å²) in [6, 6.07) is 9.13. The second kappa shape index (κ2) is 4.40. The molecule has 1 aromatic rings. The fraction of sp³-hybridized carbons (Fsp3) is 0.421. The molecule has 4 heteroatoms. The summed E-state index contributed by atoms with van der Waals surface area (Å²) in [6.45, 7) is 1.84. The molecule has 2 atom stereocenters. The standard InChI is InChI=1S/C19H20N2O2/c1-23-18(22)21-12-10-19-14-6-2-3-7-15(14)20-11-4-5-13(17(19)20)8-9-16(19)21/h2-3,6-9,17H,4-5,10-12H2,1H3/t17-,19+/m0/s1. The number of nitrogens with zero attached hydrogens (tertiary/aromatic N) is 2. The minimum atomic E-state index is -0.239. The number of methoxy groups -OCH3 is 1. The number of hydrogen-bond acceptors (Lipinski definition) is 3. The first-order chi connectivity index (χ1) is 11.3.